The molecular formula is C23H27N3O5S. The minimum absolute atomic E-state index is 0.00560. The Hall–Kier alpha value is -2.91. The Morgan fingerprint density at radius 3 is 2.25 bits per heavy atom. The molecule has 2 amide bonds. The monoisotopic (exact) mass is 457 g/mol. The van der Waals surface area contributed by atoms with E-state index >= 15 is 0 Å². The number of likely N-dealkylation sites (tertiary alicyclic amines) is 1. The van der Waals surface area contributed by atoms with Gasteiger partial charge in [0.15, 0.2) is 0 Å². The lowest BCUT2D eigenvalue weighted by Crippen LogP contribution is -2.49. The van der Waals surface area contributed by atoms with E-state index in [-0.39, 0.29) is 35.6 Å². The maximum absolute atomic E-state index is 12.7. The molecule has 4 rings (SSSR count). The van der Waals surface area contributed by atoms with Crippen molar-refractivity contribution >= 4 is 22.0 Å². The molecule has 0 N–H and O–H groups in total. The van der Waals surface area contributed by atoms with E-state index in [0.717, 1.165) is 9.87 Å². The normalized spacial score (nSPS) is 19.9. The molecule has 2 aromatic carbocycles. The van der Waals surface area contributed by atoms with Crippen LogP contribution in [0, 0.1) is 0 Å². The van der Waals surface area contributed by atoms with Gasteiger partial charge in [0.25, 0.3) is 0 Å². The number of ether oxygens (including phenoxy) is 1. The number of rotatable bonds is 6. The lowest BCUT2D eigenvalue weighted by Gasteiger charge is -2.36. The summed E-state index contributed by atoms with van der Waals surface area (Å²) in [4.78, 5) is 28.7. The molecule has 0 radical (unpaired) electrons. The van der Waals surface area contributed by atoms with Gasteiger partial charge in [-0.05, 0) is 30.5 Å². The standard InChI is InChI=1S/C23H27N3O5S/c1-24(32(29,30)20-10-6-3-7-11-20)17-22(27)25-14-12-19(13-15-25)26-16-21(31-23(26)28)18-8-4-2-5-9-18/h2-11,19,21H,12-17H2,1H3. The van der Waals surface area contributed by atoms with E-state index in [4.69, 9.17) is 4.74 Å². The third-order valence-corrected chi connectivity index (χ3v) is 7.90. The lowest BCUT2D eigenvalue weighted by atomic mass is 10.0. The first-order chi connectivity index (χ1) is 15.4. The van der Waals surface area contributed by atoms with Crippen molar-refractivity contribution in [3.8, 4) is 0 Å². The average molecular weight is 458 g/mol. The number of benzene rings is 2. The molecule has 2 saturated heterocycles. The molecule has 1 unspecified atom stereocenters. The second-order valence-corrected chi connectivity index (χ2v) is 10.2. The van der Waals surface area contributed by atoms with Gasteiger partial charge in [0.2, 0.25) is 15.9 Å². The van der Waals surface area contributed by atoms with Gasteiger partial charge >= 0.3 is 6.09 Å². The van der Waals surface area contributed by atoms with Gasteiger partial charge in [-0.1, -0.05) is 48.5 Å². The van der Waals surface area contributed by atoms with Gasteiger partial charge in [-0.3, -0.25) is 4.79 Å². The van der Waals surface area contributed by atoms with Crippen molar-refractivity contribution in [2.24, 2.45) is 0 Å². The molecule has 2 fully saturated rings. The van der Waals surface area contributed by atoms with Crippen molar-refractivity contribution in [1.29, 1.82) is 0 Å². The number of amides is 2. The van der Waals surface area contributed by atoms with Crippen LogP contribution in [0.25, 0.3) is 0 Å². The Morgan fingerprint density at radius 1 is 1.03 bits per heavy atom. The number of sulfonamides is 1. The van der Waals surface area contributed by atoms with Crippen LogP contribution in [0.4, 0.5) is 4.79 Å². The Kier molecular flexibility index (Phi) is 6.48. The zero-order valence-corrected chi connectivity index (χ0v) is 18.8. The van der Waals surface area contributed by atoms with E-state index in [1.54, 1.807) is 28.0 Å². The van der Waals surface area contributed by atoms with Crippen LogP contribution >= 0.6 is 0 Å². The van der Waals surface area contributed by atoms with E-state index in [2.05, 4.69) is 0 Å². The molecule has 8 nitrogen and oxygen atoms in total. The summed E-state index contributed by atoms with van der Waals surface area (Å²) in [6, 6.07) is 17.7. The number of likely N-dealkylation sites (N-methyl/N-ethyl adjacent to an activating group) is 1. The summed E-state index contributed by atoms with van der Waals surface area (Å²) in [5.41, 5.74) is 0.971. The van der Waals surface area contributed by atoms with Crippen LogP contribution < -0.4 is 0 Å². The molecule has 170 valence electrons. The number of hydrogen-bond acceptors (Lipinski definition) is 5. The third-order valence-electron chi connectivity index (χ3n) is 6.08. The summed E-state index contributed by atoms with van der Waals surface area (Å²) in [5.74, 6) is -0.239. The number of hydrogen-bond donors (Lipinski definition) is 0. The van der Waals surface area contributed by atoms with Gasteiger partial charge in [-0.25, -0.2) is 13.2 Å². The largest absolute Gasteiger partial charge is 0.439 e. The van der Waals surface area contributed by atoms with Crippen LogP contribution in [0.15, 0.2) is 65.6 Å². The topological polar surface area (TPSA) is 87.2 Å². The quantitative estimate of drug-likeness (QED) is 0.665. The molecular weight excluding hydrogens is 430 g/mol. The fraction of sp³-hybridized carbons (Fsp3) is 0.391. The van der Waals surface area contributed by atoms with Crippen LogP contribution in [-0.4, -0.2) is 73.8 Å². The predicted molar refractivity (Wildman–Crippen MR) is 118 cm³/mol. The average Bonchev–Trinajstić information content (AvgIpc) is 3.22. The van der Waals surface area contributed by atoms with Crippen molar-refractivity contribution in [2.75, 3.05) is 33.2 Å². The Balaban J connectivity index is 1.31. The number of carbonyl (C=O) groups excluding carboxylic acids is 2. The SMILES string of the molecule is CN(CC(=O)N1CCC(N2CC(c3ccccc3)OC2=O)CC1)S(=O)(=O)c1ccccc1. The second kappa shape index (κ2) is 9.30. The molecule has 0 spiro atoms. The molecule has 2 aromatic rings. The molecule has 9 heteroatoms. The third kappa shape index (κ3) is 4.63. The maximum atomic E-state index is 12.7. The zero-order valence-electron chi connectivity index (χ0n) is 18.0. The minimum atomic E-state index is -3.72. The highest BCUT2D eigenvalue weighted by Gasteiger charge is 2.38. The maximum Gasteiger partial charge on any atom is 0.410 e. The highest BCUT2D eigenvalue weighted by molar-refractivity contribution is 7.89. The van der Waals surface area contributed by atoms with E-state index in [1.807, 2.05) is 30.3 Å². The van der Waals surface area contributed by atoms with Crippen molar-refractivity contribution in [3.63, 3.8) is 0 Å². The second-order valence-electron chi connectivity index (χ2n) is 8.12. The van der Waals surface area contributed by atoms with Gasteiger partial charge in [0.1, 0.15) is 6.10 Å². The van der Waals surface area contributed by atoms with Crippen LogP contribution in [0.1, 0.15) is 24.5 Å². The Morgan fingerprint density at radius 2 is 1.62 bits per heavy atom. The van der Waals surface area contributed by atoms with Gasteiger partial charge in [0, 0.05) is 26.2 Å². The van der Waals surface area contributed by atoms with E-state index in [0.29, 0.717) is 32.5 Å². The number of nitrogens with zero attached hydrogens (tertiary/aromatic N) is 3. The fourth-order valence-electron chi connectivity index (χ4n) is 4.19. The number of piperidine rings is 1. The highest BCUT2D eigenvalue weighted by Crippen LogP contribution is 2.30. The molecule has 2 aliphatic rings. The highest BCUT2D eigenvalue weighted by atomic mass is 32.2. The summed E-state index contributed by atoms with van der Waals surface area (Å²) < 4.78 is 31.9. The predicted octanol–water partition coefficient (Wildman–Crippen LogP) is 2.49. The minimum Gasteiger partial charge on any atom is -0.439 e. The lowest BCUT2D eigenvalue weighted by molar-refractivity contribution is -0.132. The van der Waals surface area contributed by atoms with Gasteiger partial charge in [0.05, 0.1) is 18.0 Å². The van der Waals surface area contributed by atoms with Crippen LogP contribution in [0.5, 0.6) is 0 Å². The van der Waals surface area contributed by atoms with Crippen LogP contribution in [0.3, 0.4) is 0 Å². The Labute approximate surface area is 188 Å². The molecule has 0 saturated carbocycles. The molecule has 0 bridgehead atoms. The van der Waals surface area contributed by atoms with Crippen LogP contribution in [-0.2, 0) is 19.6 Å². The van der Waals surface area contributed by atoms with E-state index in [1.165, 1.54) is 19.2 Å². The molecule has 32 heavy (non-hydrogen) atoms. The molecule has 1 atom stereocenters. The van der Waals surface area contributed by atoms with Crippen molar-refractivity contribution in [3.05, 3.63) is 66.2 Å². The summed E-state index contributed by atoms with van der Waals surface area (Å²) in [5, 5.41) is 0. The summed E-state index contributed by atoms with van der Waals surface area (Å²) in [6.07, 6.45) is 0.673. The fourth-order valence-corrected chi connectivity index (χ4v) is 5.34. The van der Waals surface area contributed by atoms with E-state index < -0.39 is 10.0 Å². The summed E-state index contributed by atoms with van der Waals surface area (Å²) in [6.45, 7) is 1.23. The van der Waals surface area contributed by atoms with Gasteiger partial charge in [-0.15, -0.1) is 0 Å². The number of carbonyl (C=O) groups is 2. The van der Waals surface area contributed by atoms with Crippen LogP contribution in [0.2, 0.25) is 0 Å². The smallest absolute Gasteiger partial charge is 0.410 e. The van der Waals surface area contributed by atoms with Crippen molar-refractivity contribution in [2.45, 2.75) is 29.9 Å². The first kappa shape index (κ1) is 22.3. The van der Waals surface area contributed by atoms with Crippen molar-refractivity contribution < 1.29 is 22.7 Å². The molecule has 2 heterocycles. The van der Waals surface area contributed by atoms with E-state index in [9.17, 15) is 18.0 Å². The number of cyclic esters (lactones) is 1. The Bertz CT molecular complexity index is 1050. The molecule has 2 aliphatic heterocycles. The zero-order chi connectivity index (χ0) is 22.7. The van der Waals surface area contributed by atoms with Gasteiger partial charge in [-0.2, -0.15) is 4.31 Å². The molecule has 0 aromatic heterocycles. The van der Waals surface area contributed by atoms with Crippen molar-refractivity contribution in [1.82, 2.24) is 14.1 Å². The summed E-state index contributed by atoms with van der Waals surface area (Å²) in [7, 11) is -2.31. The van der Waals surface area contributed by atoms with Gasteiger partial charge < -0.3 is 14.5 Å². The first-order valence-corrected chi connectivity index (χ1v) is 12.1. The summed E-state index contributed by atoms with van der Waals surface area (Å²) >= 11 is 0. The first-order valence-electron chi connectivity index (χ1n) is 10.7. The molecule has 0 aliphatic carbocycles.